The number of ether oxygens (including phenoxy) is 1. The minimum Gasteiger partial charge on any atom is -0.497 e. The minimum atomic E-state index is -0.417. The van der Waals surface area contributed by atoms with Crippen LogP contribution < -0.4 is 15.4 Å². The first kappa shape index (κ1) is 12.3. The number of carbonyl (C=O) groups is 1. The van der Waals surface area contributed by atoms with Crippen molar-refractivity contribution in [3.63, 3.8) is 0 Å². The molecule has 1 aliphatic carbocycles. The Morgan fingerprint density at radius 2 is 2.21 bits per heavy atom. The Hall–Kier alpha value is -1.71. The molecule has 0 radical (unpaired) electrons. The summed E-state index contributed by atoms with van der Waals surface area (Å²) < 4.78 is 5.19. The molecule has 2 atom stereocenters. The second-order valence-electron chi connectivity index (χ2n) is 5.77. The smallest absolute Gasteiger partial charge is 0.250 e. The lowest BCUT2D eigenvalue weighted by Crippen LogP contribution is -2.54. The van der Waals surface area contributed by atoms with Crippen LogP contribution in [-0.4, -0.2) is 18.6 Å². The van der Waals surface area contributed by atoms with Crippen molar-refractivity contribution in [2.24, 2.45) is 5.92 Å². The number of benzene rings is 1. The summed E-state index contributed by atoms with van der Waals surface area (Å²) in [5.41, 5.74) is 1.39. The minimum absolute atomic E-state index is 0.0970. The Morgan fingerprint density at radius 1 is 1.37 bits per heavy atom. The molecule has 0 saturated heterocycles. The number of carbonyl (C=O) groups excluding carboxylic acids is 1. The van der Waals surface area contributed by atoms with Gasteiger partial charge in [-0.15, -0.1) is 0 Å². The van der Waals surface area contributed by atoms with Crippen molar-refractivity contribution in [2.75, 3.05) is 17.7 Å². The van der Waals surface area contributed by atoms with Gasteiger partial charge in [-0.1, -0.05) is 19.8 Å². The molecule has 1 heterocycles. The molecule has 1 amide bonds. The molecular weight excluding hydrogens is 240 g/mol. The summed E-state index contributed by atoms with van der Waals surface area (Å²) in [6.45, 7) is 2.22. The fourth-order valence-corrected chi connectivity index (χ4v) is 3.29. The predicted molar refractivity (Wildman–Crippen MR) is 75.6 cm³/mol. The molecule has 102 valence electrons. The van der Waals surface area contributed by atoms with Crippen molar-refractivity contribution in [1.29, 1.82) is 0 Å². The van der Waals surface area contributed by atoms with Crippen LogP contribution in [0.25, 0.3) is 0 Å². The molecule has 3 rings (SSSR count). The van der Waals surface area contributed by atoms with Crippen molar-refractivity contribution in [3.8, 4) is 5.75 Å². The highest BCUT2D eigenvalue weighted by atomic mass is 16.5. The van der Waals surface area contributed by atoms with Crippen molar-refractivity contribution in [2.45, 2.75) is 38.1 Å². The number of amides is 1. The molecule has 2 aliphatic rings. The molecular formula is C15H20N2O2. The molecule has 2 N–H and O–H groups in total. The zero-order valence-corrected chi connectivity index (χ0v) is 11.5. The van der Waals surface area contributed by atoms with E-state index >= 15 is 0 Å². The van der Waals surface area contributed by atoms with Gasteiger partial charge in [0.25, 0.3) is 0 Å². The summed E-state index contributed by atoms with van der Waals surface area (Å²) in [5.74, 6) is 1.44. The zero-order valence-electron chi connectivity index (χ0n) is 11.5. The van der Waals surface area contributed by atoms with Crippen molar-refractivity contribution < 1.29 is 9.53 Å². The number of rotatable bonds is 1. The number of methoxy groups -OCH3 is 1. The fourth-order valence-electron chi connectivity index (χ4n) is 3.29. The summed E-state index contributed by atoms with van der Waals surface area (Å²) >= 11 is 0. The number of fused-ring (bicyclic) bond motifs is 1. The highest BCUT2D eigenvalue weighted by molar-refractivity contribution is 6.06. The van der Waals surface area contributed by atoms with Crippen LogP contribution in [0.15, 0.2) is 18.2 Å². The van der Waals surface area contributed by atoms with E-state index in [0.29, 0.717) is 5.92 Å². The topological polar surface area (TPSA) is 50.4 Å². The van der Waals surface area contributed by atoms with Crippen LogP contribution in [0.1, 0.15) is 32.6 Å². The van der Waals surface area contributed by atoms with Crippen molar-refractivity contribution >= 4 is 17.3 Å². The highest BCUT2D eigenvalue weighted by Crippen LogP contribution is 2.41. The van der Waals surface area contributed by atoms with E-state index in [1.165, 1.54) is 6.42 Å². The normalized spacial score (nSPS) is 29.4. The van der Waals surface area contributed by atoms with Gasteiger partial charge in [-0.2, -0.15) is 0 Å². The average Bonchev–Trinajstić information content (AvgIpc) is 2.40. The molecule has 1 aromatic rings. The van der Waals surface area contributed by atoms with E-state index in [-0.39, 0.29) is 5.91 Å². The van der Waals surface area contributed by atoms with Crippen LogP contribution >= 0.6 is 0 Å². The maximum absolute atomic E-state index is 12.5. The van der Waals surface area contributed by atoms with Gasteiger partial charge >= 0.3 is 0 Å². The largest absolute Gasteiger partial charge is 0.497 e. The summed E-state index contributed by atoms with van der Waals surface area (Å²) in [4.78, 5) is 12.5. The lowest BCUT2D eigenvalue weighted by Gasteiger charge is -2.43. The first-order chi connectivity index (χ1) is 9.13. The third kappa shape index (κ3) is 2.05. The lowest BCUT2D eigenvalue weighted by molar-refractivity contribution is -0.122. The van der Waals surface area contributed by atoms with E-state index in [2.05, 4.69) is 17.6 Å². The van der Waals surface area contributed by atoms with Crippen molar-refractivity contribution in [1.82, 2.24) is 0 Å². The van der Waals surface area contributed by atoms with E-state index in [0.717, 1.165) is 36.4 Å². The lowest BCUT2D eigenvalue weighted by atomic mass is 9.74. The molecule has 1 fully saturated rings. The molecule has 1 aromatic carbocycles. The SMILES string of the molecule is COc1ccc2c(c1)NC(=O)C1(CCCC(C)C1)N2. The first-order valence-corrected chi connectivity index (χ1v) is 6.91. The molecule has 19 heavy (non-hydrogen) atoms. The van der Waals surface area contributed by atoms with Crippen LogP contribution in [0, 0.1) is 5.92 Å². The number of anilines is 2. The Balaban J connectivity index is 1.93. The van der Waals surface area contributed by atoms with E-state index in [9.17, 15) is 4.79 Å². The van der Waals surface area contributed by atoms with Gasteiger partial charge in [0.05, 0.1) is 18.5 Å². The van der Waals surface area contributed by atoms with E-state index < -0.39 is 5.54 Å². The molecule has 4 heteroatoms. The summed E-state index contributed by atoms with van der Waals surface area (Å²) in [5, 5.41) is 6.51. The Morgan fingerprint density at radius 3 is 2.95 bits per heavy atom. The standard InChI is InChI=1S/C15H20N2O2/c1-10-4-3-7-15(9-10)14(18)16-13-8-11(19-2)5-6-12(13)17-15/h5-6,8,10,17H,3-4,7,9H2,1-2H3,(H,16,18). The number of hydrogen-bond acceptors (Lipinski definition) is 3. The van der Waals surface area contributed by atoms with Gasteiger partial charge in [0.1, 0.15) is 11.3 Å². The molecule has 1 spiro atoms. The van der Waals surface area contributed by atoms with E-state index in [4.69, 9.17) is 4.74 Å². The second kappa shape index (κ2) is 4.44. The van der Waals surface area contributed by atoms with Gasteiger partial charge in [0, 0.05) is 6.07 Å². The molecule has 2 unspecified atom stereocenters. The van der Waals surface area contributed by atoms with E-state index in [1.54, 1.807) is 7.11 Å². The number of nitrogens with one attached hydrogen (secondary N) is 2. The maximum atomic E-state index is 12.5. The second-order valence-corrected chi connectivity index (χ2v) is 5.77. The van der Waals surface area contributed by atoms with Crippen LogP contribution in [0.3, 0.4) is 0 Å². The van der Waals surface area contributed by atoms with E-state index in [1.807, 2.05) is 18.2 Å². The quantitative estimate of drug-likeness (QED) is 0.816. The molecule has 0 bridgehead atoms. The molecule has 1 saturated carbocycles. The van der Waals surface area contributed by atoms with Crippen LogP contribution in [0.4, 0.5) is 11.4 Å². The monoisotopic (exact) mass is 260 g/mol. The van der Waals surface area contributed by atoms with Crippen molar-refractivity contribution in [3.05, 3.63) is 18.2 Å². The molecule has 0 aromatic heterocycles. The van der Waals surface area contributed by atoms with Gasteiger partial charge in [0.2, 0.25) is 5.91 Å². The summed E-state index contributed by atoms with van der Waals surface area (Å²) in [7, 11) is 1.63. The maximum Gasteiger partial charge on any atom is 0.250 e. The van der Waals surface area contributed by atoms with Gasteiger partial charge in [0.15, 0.2) is 0 Å². The average molecular weight is 260 g/mol. The van der Waals surface area contributed by atoms with Crippen LogP contribution in [0.2, 0.25) is 0 Å². The summed E-state index contributed by atoms with van der Waals surface area (Å²) in [6, 6.07) is 5.76. The molecule has 1 aliphatic heterocycles. The predicted octanol–water partition coefficient (Wildman–Crippen LogP) is 3.01. The van der Waals surface area contributed by atoms with Crippen LogP contribution in [-0.2, 0) is 4.79 Å². The zero-order chi connectivity index (χ0) is 13.5. The Labute approximate surface area is 113 Å². The molecule has 4 nitrogen and oxygen atoms in total. The van der Waals surface area contributed by atoms with Gasteiger partial charge in [-0.05, 0) is 30.9 Å². The van der Waals surface area contributed by atoms with Gasteiger partial charge < -0.3 is 15.4 Å². The van der Waals surface area contributed by atoms with Crippen LogP contribution in [0.5, 0.6) is 5.75 Å². The summed E-state index contributed by atoms with van der Waals surface area (Å²) in [6.07, 6.45) is 4.14. The number of hydrogen-bond donors (Lipinski definition) is 2. The highest BCUT2D eigenvalue weighted by Gasteiger charge is 2.44. The van der Waals surface area contributed by atoms with Gasteiger partial charge in [-0.25, -0.2) is 0 Å². The Bertz CT molecular complexity index is 515. The first-order valence-electron chi connectivity index (χ1n) is 6.91. The van der Waals surface area contributed by atoms with Gasteiger partial charge in [-0.3, -0.25) is 4.79 Å². The fraction of sp³-hybridized carbons (Fsp3) is 0.533. The third-order valence-electron chi connectivity index (χ3n) is 4.28. The Kier molecular flexibility index (Phi) is 2.88. The third-order valence-corrected chi connectivity index (χ3v) is 4.28.